The van der Waals surface area contributed by atoms with Crippen LogP contribution >= 0.6 is 10.8 Å². The predicted molar refractivity (Wildman–Crippen MR) is 59.4 cm³/mol. The summed E-state index contributed by atoms with van der Waals surface area (Å²) in [7, 11) is 2.81. The van der Waals surface area contributed by atoms with E-state index in [2.05, 4.69) is 5.37 Å². The Hall–Kier alpha value is 0.357. The lowest BCUT2D eigenvalue weighted by atomic mass is 10.3. The van der Waals surface area contributed by atoms with Crippen molar-refractivity contribution in [3.8, 4) is 0 Å². The fraction of sp³-hybridized carbons (Fsp3) is 0.875. The van der Waals surface area contributed by atoms with Crippen LogP contribution in [0.4, 0.5) is 0 Å². The molecule has 1 saturated heterocycles. The molecule has 2 nitrogen and oxygen atoms in total. The highest BCUT2D eigenvalue weighted by atomic mass is 32.3. The zero-order valence-electron chi connectivity index (χ0n) is 7.66. The highest BCUT2D eigenvalue weighted by Crippen LogP contribution is 2.08. The first-order valence-corrected chi connectivity index (χ1v) is 8.63. The van der Waals surface area contributed by atoms with E-state index in [1.165, 1.54) is 39.5 Å². The largest absolute Gasteiger partial charge is 0.379 e. The van der Waals surface area contributed by atoms with Crippen LogP contribution in [0, 0.1) is 0 Å². The van der Waals surface area contributed by atoms with Gasteiger partial charge in [0.05, 0.1) is 22.6 Å². The molecule has 1 aliphatic rings. The van der Waals surface area contributed by atoms with Gasteiger partial charge in [0.1, 0.15) is 6.10 Å². The molecule has 1 atom stereocenters. The molecule has 0 aromatic rings. The lowest BCUT2D eigenvalue weighted by molar-refractivity contribution is 0.113. The monoisotopic (exact) mass is 206 g/mol. The Morgan fingerprint density at radius 1 is 1.58 bits per heavy atom. The van der Waals surface area contributed by atoms with Gasteiger partial charge < -0.3 is 9.47 Å². The summed E-state index contributed by atoms with van der Waals surface area (Å²) in [6, 6.07) is 0. The molecular formula is C8H18O2SSi. The lowest BCUT2D eigenvalue weighted by Gasteiger charge is -1.99. The van der Waals surface area contributed by atoms with Crippen LogP contribution < -0.4 is 0 Å². The quantitative estimate of drug-likeness (QED) is 0.210. The summed E-state index contributed by atoms with van der Waals surface area (Å²) in [5.41, 5.74) is 0. The van der Waals surface area contributed by atoms with Crippen molar-refractivity contribution in [3.05, 3.63) is 0 Å². The second-order valence-electron chi connectivity index (χ2n) is 2.97. The topological polar surface area (TPSA) is 21.8 Å². The number of ether oxygens (including phenoxy) is 2. The lowest BCUT2D eigenvalue weighted by Crippen LogP contribution is -2.02. The summed E-state index contributed by atoms with van der Waals surface area (Å²) < 4.78 is 10.4. The SMILES string of the molecule is [SiH3][SH]=CCCCCOCC1CO1. The zero-order chi connectivity index (χ0) is 8.65. The highest BCUT2D eigenvalue weighted by molar-refractivity contribution is 8.17. The van der Waals surface area contributed by atoms with Crippen molar-refractivity contribution in [2.45, 2.75) is 25.4 Å². The molecule has 4 heteroatoms. The van der Waals surface area contributed by atoms with Crippen LogP contribution in [0.3, 0.4) is 0 Å². The van der Waals surface area contributed by atoms with E-state index >= 15 is 0 Å². The Kier molecular flexibility index (Phi) is 5.94. The molecule has 0 aliphatic carbocycles. The van der Waals surface area contributed by atoms with E-state index in [0.29, 0.717) is 6.10 Å². The zero-order valence-corrected chi connectivity index (χ0v) is 10.6. The van der Waals surface area contributed by atoms with Crippen molar-refractivity contribution in [1.29, 1.82) is 0 Å². The fourth-order valence-corrected chi connectivity index (χ4v) is 2.16. The molecule has 0 amide bonds. The average Bonchev–Trinajstić information content (AvgIpc) is 2.87. The Morgan fingerprint density at radius 3 is 3.08 bits per heavy atom. The van der Waals surface area contributed by atoms with Gasteiger partial charge in [0, 0.05) is 6.61 Å². The Morgan fingerprint density at radius 2 is 2.42 bits per heavy atom. The van der Waals surface area contributed by atoms with Crippen LogP contribution in [0.2, 0.25) is 0 Å². The summed E-state index contributed by atoms with van der Waals surface area (Å²) in [4.78, 5) is 0. The van der Waals surface area contributed by atoms with Gasteiger partial charge in [-0.05, 0) is 19.3 Å². The van der Waals surface area contributed by atoms with Crippen molar-refractivity contribution in [2.75, 3.05) is 19.8 Å². The second-order valence-corrected chi connectivity index (χ2v) is 5.40. The average molecular weight is 206 g/mol. The van der Waals surface area contributed by atoms with Gasteiger partial charge in [-0.1, -0.05) is 5.37 Å². The number of hydrogen-bond donors (Lipinski definition) is 1. The molecule has 0 saturated carbocycles. The summed E-state index contributed by atoms with van der Waals surface area (Å²) >= 11 is 0. The van der Waals surface area contributed by atoms with E-state index in [1.807, 2.05) is 0 Å². The summed E-state index contributed by atoms with van der Waals surface area (Å²) in [6.07, 6.45) is 4.16. The van der Waals surface area contributed by atoms with Gasteiger partial charge in [-0.25, -0.2) is 10.8 Å². The molecule has 0 aromatic heterocycles. The third-order valence-corrected chi connectivity index (χ3v) is 3.48. The Balaban J connectivity index is 1.70. The number of unbranched alkanes of at least 4 members (excludes halogenated alkanes) is 2. The van der Waals surface area contributed by atoms with Crippen LogP contribution in [0.15, 0.2) is 0 Å². The van der Waals surface area contributed by atoms with E-state index in [9.17, 15) is 0 Å². The van der Waals surface area contributed by atoms with Gasteiger partial charge >= 0.3 is 0 Å². The molecule has 0 N–H and O–H groups in total. The first-order valence-electron chi connectivity index (χ1n) is 4.53. The van der Waals surface area contributed by atoms with E-state index < -0.39 is 0 Å². The van der Waals surface area contributed by atoms with Crippen LogP contribution in [-0.2, 0) is 9.47 Å². The minimum atomic E-state index is 0.428. The molecule has 0 aromatic carbocycles. The third kappa shape index (κ3) is 5.94. The number of thiol groups is 1. The maximum absolute atomic E-state index is 5.41. The third-order valence-electron chi connectivity index (χ3n) is 1.76. The van der Waals surface area contributed by atoms with Crippen molar-refractivity contribution in [1.82, 2.24) is 0 Å². The standard InChI is InChI=1S/C8H18O2SSi/c12-11-5-3-1-2-4-9-6-8-7-10-8/h5,8,11H,1-4,6-7H2,12H3. The number of epoxide rings is 1. The van der Waals surface area contributed by atoms with E-state index in [4.69, 9.17) is 9.47 Å². The fourth-order valence-electron chi connectivity index (χ4n) is 0.948. The van der Waals surface area contributed by atoms with Crippen molar-refractivity contribution in [3.63, 3.8) is 0 Å². The maximum atomic E-state index is 5.41. The van der Waals surface area contributed by atoms with Crippen LogP contribution in [0.5, 0.6) is 0 Å². The Labute approximate surface area is 80.7 Å². The molecule has 0 bridgehead atoms. The molecule has 1 rings (SSSR count). The minimum Gasteiger partial charge on any atom is -0.379 e. The molecule has 0 spiro atoms. The number of rotatable bonds is 7. The van der Waals surface area contributed by atoms with Crippen molar-refractivity contribution >= 4 is 25.6 Å². The highest BCUT2D eigenvalue weighted by Gasteiger charge is 2.21. The van der Waals surface area contributed by atoms with Gasteiger partial charge in [0.25, 0.3) is 0 Å². The Bertz CT molecular complexity index is 137. The van der Waals surface area contributed by atoms with Crippen LogP contribution in [0.25, 0.3) is 0 Å². The second kappa shape index (κ2) is 6.83. The van der Waals surface area contributed by atoms with Crippen molar-refractivity contribution < 1.29 is 9.47 Å². The molecule has 1 aliphatic heterocycles. The summed E-state index contributed by atoms with van der Waals surface area (Å²) in [6.45, 7) is 2.63. The molecule has 0 radical (unpaired) electrons. The normalized spacial score (nSPS) is 22.8. The molecule has 1 unspecified atom stereocenters. The summed E-state index contributed by atoms with van der Waals surface area (Å²) in [5.74, 6) is 0. The van der Waals surface area contributed by atoms with Crippen molar-refractivity contribution in [2.24, 2.45) is 0 Å². The predicted octanol–water partition coefficient (Wildman–Crippen LogP) is 0.120. The van der Waals surface area contributed by atoms with Gasteiger partial charge in [0.15, 0.2) is 0 Å². The van der Waals surface area contributed by atoms with E-state index in [0.717, 1.165) is 19.8 Å². The van der Waals surface area contributed by atoms with Gasteiger partial charge in [-0.15, -0.1) is 0 Å². The van der Waals surface area contributed by atoms with E-state index in [1.54, 1.807) is 0 Å². The molecule has 72 valence electrons. The summed E-state index contributed by atoms with van der Waals surface area (Å²) in [5, 5.41) is 2.36. The maximum Gasteiger partial charge on any atom is 0.104 e. The molecule has 12 heavy (non-hydrogen) atoms. The van der Waals surface area contributed by atoms with Crippen LogP contribution in [-0.4, -0.2) is 40.7 Å². The number of hydrogen-bond acceptors (Lipinski definition) is 2. The minimum absolute atomic E-state index is 0.428. The molecule has 1 fully saturated rings. The molecule has 1 heterocycles. The first kappa shape index (κ1) is 10.4. The van der Waals surface area contributed by atoms with Crippen LogP contribution in [0.1, 0.15) is 19.3 Å². The first-order chi connectivity index (χ1) is 5.93. The van der Waals surface area contributed by atoms with Gasteiger partial charge in [-0.2, -0.15) is 0 Å². The van der Waals surface area contributed by atoms with E-state index in [-0.39, 0.29) is 0 Å². The van der Waals surface area contributed by atoms with Gasteiger partial charge in [-0.3, -0.25) is 0 Å². The smallest absolute Gasteiger partial charge is 0.104 e. The molecular weight excluding hydrogens is 188 g/mol. The van der Waals surface area contributed by atoms with Gasteiger partial charge in [0.2, 0.25) is 0 Å².